The molecule has 0 atom stereocenters. The van der Waals surface area contributed by atoms with Gasteiger partial charge in [-0.1, -0.05) is 42.3 Å². The number of benzene rings is 2. The molecule has 0 radical (unpaired) electrons. The first-order valence-electron chi connectivity index (χ1n) is 7.53. The average Bonchev–Trinajstić information content (AvgIpc) is 2.90. The second-order valence-electron chi connectivity index (χ2n) is 5.23. The van der Waals surface area contributed by atoms with Crippen molar-refractivity contribution in [2.24, 2.45) is 5.10 Å². The van der Waals surface area contributed by atoms with Crippen molar-refractivity contribution in [1.29, 1.82) is 0 Å². The summed E-state index contributed by atoms with van der Waals surface area (Å²) in [7, 11) is 0. The molecule has 0 N–H and O–H groups in total. The topological polar surface area (TPSA) is 41.9 Å². The standard InChI is InChI=1S/C20H16N2O2/c1-3-13-24-19-12-8-7-9-16(19)14-18-15(2)21-22(20(18)23)17-10-5-4-6-11-17/h1,4-12,14H,13H2,2H3. The molecular weight excluding hydrogens is 300 g/mol. The number of hydrogen-bond acceptors (Lipinski definition) is 3. The highest BCUT2D eigenvalue weighted by Gasteiger charge is 2.28. The molecule has 24 heavy (non-hydrogen) atoms. The largest absolute Gasteiger partial charge is 0.480 e. The number of carbonyl (C=O) groups is 1. The van der Waals surface area contributed by atoms with Crippen LogP contribution < -0.4 is 9.75 Å². The minimum Gasteiger partial charge on any atom is -0.480 e. The molecule has 0 saturated carbocycles. The van der Waals surface area contributed by atoms with Gasteiger partial charge in [0.25, 0.3) is 5.91 Å². The fourth-order valence-electron chi connectivity index (χ4n) is 2.43. The molecule has 4 heteroatoms. The van der Waals surface area contributed by atoms with Crippen molar-refractivity contribution in [3.8, 4) is 18.1 Å². The molecule has 0 aliphatic carbocycles. The van der Waals surface area contributed by atoms with Crippen LogP contribution >= 0.6 is 0 Å². The molecule has 0 unspecified atom stereocenters. The van der Waals surface area contributed by atoms with Crippen molar-refractivity contribution >= 4 is 23.4 Å². The maximum atomic E-state index is 12.7. The minimum atomic E-state index is -0.162. The van der Waals surface area contributed by atoms with Crippen LogP contribution in [0.25, 0.3) is 6.08 Å². The first kappa shape index (κ1) is 15.6. The second-order valence-corrected chi connectivity index (χ2v) is 5.23. The number of hydrogen-bond donors (Lipinski definition) is 0. The third kappa shape index (κ3) is 3.06. The van der Waals surface area contributed by atoms with Gasteiger partial charge in [-0.3, -0.25) is 4.79 Å². The molecule has 1 amide bonds. The Kier molecular flexibility index (Phi) is 4.44. The van der Waals surface area contributed by atoms with Crippen molar-refractivity contribution < 1.29 is 9.53 Å². The van der Waals surface area contributed by atoms with Gasteiger partial charge in [0.05, 0.1) is 17.0 Å². The molecular formula is C20H16N2O2. The highest BCUT2D eigenvalue weighted by atomic mass is 16.5. The zero-order valence-corrected chi connectivity index (χ0v) is 13.3. The summed E-state index contributed by atoms with van der Waals surface area (Å²) in [6.45, 7) is 1.99. The zero-order valence-electron chi connectivity index (χ0n) is 13.3. The summed E-state index contributed by atoms with van der Waals surface area (Å²) in [5.74, 6) is 2.92. The highest BCUT2D eigenvalue weighted by molar-refractivity contribution is 6.32. The van der Waals surface area contributed by atoms with Crippen LogP contribution in [0.4, 0.5) is 5.69 Å². The molecule has 1 heterocycles. The average molecular weight is 316 g/mol. The highest BCUT2D eigenvalue weighted by Crippen LogP contribution is 2.27. The molecule has 1 aliphatic rings. The van der Waals surface area contributed by atoms with Gasteiger partial charge in [0.2, 0.25) is 0 Å². The molecule has 3 rings (SSSR count). The van der Waals surface area contributed by atoms with E-state index < -0.39 is 0 Å². The van der Waals surface area contributed by atoms with Crippen molar-refractivity contribution in [2.45, 2.75) is 6.92 Å². The van der Waals surface area contributed by atoms with Gasteiger partial charge in [0.1, 0.15) is 12.4 Å². The third-order valence-corrected chi connectivity index (χ3v) is 3.59. The summed E-state index contributed by atoms with van der Waals surface area (Å²) < 4.78 is 5.53. The van der Waals surface area contributed by atoms with Crippen LogP contribution in [0.1, 0.15) is 12.5 Å². The van der Waals surface area contributed by atoms with E-state index in [0.29, 0.717) is 17.0 Å². The Balaban J connectivity index is 1.94. The van der Waals surface area contributed by atoms with Gasteiger partial charge in [-0.05, 0) is 31.2 Å². The molecule has 0 bridgehead atoms. The maximum Gasteiger partial charge on any atom is 0.280 e. The van der Waals surface area contributed by atoms with Gasteiger partial charge in [0, 0.05) is 5.56 Å². The summed E-state index contributed by atoms with van der Waals surface area (Å²) in [4.78, 5) is 12.7. The number of hydrazone groups is 1. The Morgan fingerprint density at radius 1 is 1.17 bits per heavy atom. The lowest BCUT2D eigenvalue weighted by Crippen LogP contribution is -2.21. The van der Waals surface area contributed by atoms with E-state index >= 15 is 0 Å². The van der Waals surface area contributed by atoms with E-state index in [-0.39, 0.29) is 12.5 Å². The fourth-order valence-corrected chi connectivity index (χ4v) is 2.43. The smallest absolute Gasteiger partial charge is 0.280 e. The Hall–Kier alpha value is -3.32. The lowest BCUT2D eigenvalue weighted by Gasteiger charge is -2.11. The summed E-state index contributed by atoms with van der Waals surface area (Å²) in [6, 6.07) is 16.8. The Morgan fingerprint density at radius 3 is 2.62 bits per heavy atom. The first-order chi connectivity index (χ1) is 11.7. The molecule has 0 saturated heterocycles. The molecule has 0 fully saturated rings. The van der Waals surface area contributed by atoms with Crippen LogP contribution in [0.2, 0.25) is 0 Å². The van der Waals surface area contributed by atoms with Gasteiger partial charge < -0.3 is 4.74 Å². The molecule has 118 valence electrons. The van der Waals surface area contributed by atoms with Crippen LogP contribution in [-0.4, -0.2) is 18.2 Å². The van der Waals surface area contributed by atoms with Crippen LogP contribution in [0, 0.1) is 12.3 Å². The number of para-hydroxylation sites is 2. The van der Waals surface area contributed by atoms with Crippen molar-refractivity contribution in [3.05, 3.63) is 65.7 Å². The number of ether oxygens (including phenoxy) is 1. The number of anilines is 1. The number of carbonyl (C=O) groups excluding carboxylic acids is 1. The summed E-state index contributed by atoms with van der Waals surface area (Å²) in [6.07, 6.45) is 7.03. The number of terminal acetylenes is 1. The maximum absolute atomic E-state index is 12.7. The predicted octanol–water partition coefficient (Wildman–Crippen LogP) is 3.50. The van der Waals surface area contributed by atoms with Gasteiger partial charge >= 0.3 is 0 Å². The van der Waals surface area contributed by atoms with Gasteiger partial charge in [-0.2, -0.15) is 10.1 Å². The lowest BCUT2D eigenvalue weighted by atomic mass is 10.1. The Morgan fingerprint density at radius 2 is 1.88 bits per heavy atom. The van der Waals surface area contributed by atoms with E-state index in [1.807, 2.05) is 61.5 Å². The zero-order chi connectivity index (χ0) is 16.9. The number of amides is 1. The molecule has 4 nitrogen and oxygen atoms in total. The van der Waals surface area contributed by atoms with E-state index in [2.05, 4.69) is 11.0 Å². The number of rotatable bonds is 4. The Bertz CT molecular complexity index is 861. The number of nitrogens with zero attached hydrogens (tertiary/aromatic N) is 2. The molecule has 1 aliphatic heterocycles. The second kappa shape index (κ2) is 6.84. The monoisotopic (exact) mass is 316 g/mol. The SMILES string of the molecule is C#CCOc1ccccc1C=C1C(=O)N(c2ccccc2)N=C1C. The van der Waals surface area contributed by atoms with Crippen LogP contribution in [0.5, 0.6) is 5.75 Å². The van der Waals surface area contributed by atoms with Gasteiger partial charge in [0.15, 0.2) is 0 Å². The summed E-state index contributed by atoms with van der Waals surface area (Å²) in [5, 5.41) is 5.78. The predicted molar refractivity (Wildman–Crippen MR) is 95.8 cm³/mol. The van der Waals surface area contributed by atoms with Crippen molar-refractivity contribution in [2.75, 3.05) is 11.6 Å². The van der Waals surface area contributed by atoms with Crippen LogP contribution in [0.15, 0.2) is 65.3 Å². The van der Waals surface area contributed by atoms with Crippen LogP contribution in [0.3, 0.4) is 0 Å². The van der Waals surface area contributed by atoms with Crippen molar-refractivity contribution in [3.63, 3.8) is 0 Å². The van der Waals surface area contributed by atoms with E-state index in [0.717, 1.165) is 11.3 Å². The summed E-state index contributed by atoms with van der Waals surface area (Å²) in [5.41, 5.74) is 2.73. The fraction of sp³-hybridized carbons (Fsp3) is 0.100. The molecule has 2 aromatic carbocycles. The first-order valence-corrected chi connectivity index (χ1v) is 7.53. The van der Waals surface area contributed by atoms with Gasteiger partial charge in [-0.25, -0.2) is 0 Å². The molecule has 0 spiro atoms. The van der Waals surface area contributed by atoms with E-state index in [1.54, 1.807) is 6.08 Å². The normalized spacial score (nSPS) is 15.3. The molecule has 0 aromatic heterocycles. The van der Waals surface area contributed by atoms with E-state index in [9.17, 15) is 4.79 Å². The quantitative estimate of drug-likeness (QED) is 0.640. The molecule has 2 aromatic rings. The van der Waals surface area contributed by atoms with Crippen molar-refractivity contribution in [1.82, 2.24) is 0 Å². The third-order valence-electron chi connectivity index (χ3n) is 3.59. The lowest BCUT2D eigenvalue weighted by molar-refractivity contribution is -0.114. The summed E-state index contributed by atoms with van der Waals surface area (Å²) >= 11 is 0. The van der Waals surface area contributed by atoms with Crippen LogP contribution in [-0.2, 0) is 4.79 Å². The minimum absolute atomic E-state index is 0.162. The van der Waals surface area contributed by atoms with Gasteiger partial charge in [-0.15, -0.1) is 6.42 Å². The van der Waals surface area contributed by atoms with E-state index in [4.69, 9.17) is 11.2 Å². The Labute approximate surface area is 141 Å². The van der Waals surface area contributed by atoms with E-state index in [1.165, 1.54) is 5.01 Å².